The lowest BCUT2D eigenvalue weighted by Gasteiger charge is -2.26. The Morgan fingerprint density at radius 2 is 2.17 bits per heavy atom. The van der Waals surface area contributed by atoms with Crippen LogP contribution in [0.5, 0.6) is 0 Å². The first-order valence-electron chi connectivity index (χ1n) is 7.47. The fourth-order valence-corrected chi connectivity index (χ4v) is 3.73. The summed E-state index contributed by atoms with van der Waals surface area (Å²) in [6.07, 6.45) is 0.199. The van der Waals surface area contributed by atoms with Gasteiger partial charge in [0.15, 0.2) is 5.78 Å². The molecule has 1 saturated heterocycles. The van der Waals surface area contributed by atoms with Crippen LogP contribution >= 0.6 is 0 Å². The molecule has 3 rings (SSSR count). The van der Waals surface area contributed by atoms with Gasteiger partial charge >= 0.3 is 11.9 Å². The van der Waals surface area contributed by atoms with E-state index in [1.807, 2.05) is 0 Å². The summed E-state index contributed by atoms with van der Waals surface area (Å²) in [4.78, 5) is 35.3. The van der Waals surface area contributed by atoms with Gasteiger partial charge in [-0.3, -0.25) is 9.59 Å². The Morgan fingerprint density at radius 3 is 2.83 bits per heavy atom. The maximum absolute atomic E-state index is 12.4. The summed E-state index contributed by atoms with van der Waals surface area (Å²) in [5, 5.41) is 10.4. The van der Waals surface area contributed by atoms with Crippen molar-refractivity contribution in [3.8, 4) is 0 Å². The monoisotopic (exact) mass is 318 g/mol. The average molecular weight is 318 g/mol. The fraction of sp³-hybridized carbons (Fsp3) is 0.471. The molecule has 4 atom stereocenters. The summed E-state index contributed by atoms with van der Waals surface area (Å²) in [7, 11) is 0. The number of aliphatic hydroxyl groups is 1. The van der Waals surface area contributed by atoms with Crippen molar-refractivity contribution in [2.45, 2.75) is 32.5 Å². The molecule has 23 heavy (non-hydrogen) atoms. The second-order valence-electron chi connectivity index (χ2n) is 6.23. The molecule has 0 amide bonds. The first-order valence-corrected chi connectivity index (χ1v) is 7.47. The molecule has 0 spiro atoms. The van der Waals surface area contributed by atoms with Crippen LogP contribution in [-0.2, 0) is 23.9 Å². The largest absolute Gasteiger partial charge is 0.461 e. The molecule has 0 aromatic carbocycles. The van der Waals surface area contributed by atoms with Crippen LogP contribution in [0.3, 0.4) is 0 Å². The Morgan fingerprint density at radius 1 is 1.48 bits per heavy atom. The van der Waals surface area contributed by atoms with Gasteiger partial charge in [0.25, 0.3) is 0 Å². The standard InChI is InChI=1S/C17H18O6/c1-7-4-11(19)14-8(2)17(21)23-16(14)15-10(6-22-9(3)18)5-12(20)13(7)15/h5,11,14-16,19H,2,4,6H2,1,3H3/t11-,14+,15-,16-/m0/s1. The van der Waals surface area contributed by atoms with Gasteiger partial charge in [-0.05, 0) is 25.0 Å². The first-order chi connectivity index (χ1) is 10.8. The number of ether oxygens (including phenoxy) is 2. The predicted molar refractivity (Wildman–Crippen MR) is 79.0 cm³/mol. The summed E-state index contributed by atoms with van der Waals surface area (Å²) in [6, 6.07) is 0. The van der Waals surface area contributed by atoms with Gasteiger partial charge in [-0.1, -0.05) is 12.2 Å². The van der Waals surface area contributed by atoms with Crippen LogP contribution in [-0.4, -0.2) is 41.6 Å². The van der Waals surface area contributed by atoms with Crippen LogP contribution in [0.1, 0.15) is 20.3 Å². The number of rotatable bonds is 2. The topological polar surface area (TPSA) is 89.9 Å². The van der Waals surface area contributed by atoms with E-state index in [9.17, 15) is 19.5 Å². The van der Waals surface area contributed by atoms with Crippen molar-refractivity contribution in [2.75, 3.05) is 6.61 Å². The molecule has 122 valence electrons. The smallest absolute Gasteiger partial charge is 0.334 e. The van der Waals surface area contributed by atoms with Crippen molar-refractivity contribution in [3.05, 3.63) is 34.9 Å². The van der Waals surface area contributed by atoms with Crippen molar-refractivity contribution >= 4 is 17.7 Å². The number of hydrogen-bond donors (Lipinski definition) is 1. The van der Waals surface area contributed by atoms with Gasteiger partial charge in [0.2, 0.25) is 0 Å². The molecule has 3 aliphatic rings. The summed E-state index contributed by atoms with van der Waals surface area (Å²) < 4.78 is 10.4. The Hall–Kier alpha value is -2.21. The number of aliphatic hydroxyl groups excluding tert-OH is 1. The van der Waals surface area contributed by atoms with Gasteiger partial charge in [0.05, 0.1) is 17.9 Å². The number of hydrogen-bond acceptors (Lipinski definition) is 6. The molecule has 0 aromatic rings. The summed E-state index contributed by atoms with van der Waals surface area (Å²) in [5.74, 6) is -2.25. The lowest BCUT2D eigenvalue weighted by atomic mass is 9.82. The van der Waals surface area contributed by atoms with E-state index < -0.39 is 36.0 Å². The molecule has 0 radical (unpaired) electrons. The van der Waals surface area contributed by atoms with E-state index in [4.69, 9.17) is 9.47 Å². The summed E-state index contributed by atoms with van der Waals surface area (Å²) in [5.41, 5.74) is 2.11. The van der Waals surface area contributed by atoms with Crippen LogP contribution in [0.2, 0.25) is 0 Å². The van der Waals surface area contributed by atoms with E-state index in [0.717, 1.165) is 5.57 Å². The zero-order chi connectivity index (χ0) is 16.9. The molecule has 6 heteroatoms. The molecule has 0 bridgehead atoms. The molecule has 1 heterocycles. The highest BCUT2D eigenvalue weighted by Gasteiger charge is 2.53. The Balaban J connectivity index is 2.03. The molecule has 1 fully saturated rings. The molecule has 0 unspecified atom stereocenters. The van der Waals surface area contributed by atoms with Crippen LogP contribution in [0.25, 0.3) is 0 Å². The van der Waals surface area contributed by atoms with Gasteiger partial charge in [-0.2, -0.15) is 0 Å². The highest BCUT2D eigenvalue weighted by molar-refractivity contribution is 6.09. The minimum absolute atomic E-state index is 0.0359. The molecule has 1 N–H and O–H groups in total. The third-order valence-electron chi connectivity index (χ3n) is 4.71. The molecule has 2 aliphatic carbocycles. The number of carbonyl (C=O) groups excluding carboxylic acids is 3. The Labute approximate surface area is 133 Å². The minimum Gasteiger partial charge on any atom is -0.461 e. The third-order valence-corrected chi connectivity index (χ3v) is 4.71. The molecule has 0 saturated carbocycles. The zero-order valence-electron chi connectivity index (χ0n) is 13.0. The summed E-state index contributed by atoms with van der Waals surface area (Å²) in [6.45, 7) is 6.77. The van der Waals surface area contributed by atoms with Crippen molar-refractivity contribution in [3.63, 3.8) is 0 Å². The molecular weight excluding hydrogens is 300 g/mol. The van der Waals surface area contributed by atoms with Crippen molar-refractivity contribution in [1.82, 2.24) is 0 Å². The van der Waals surface area contributed by atoms with E-state index in [-0.39, 0.29) is 24.4 Å². The lowest BCUT2D eigenvalue weighted by molar-refractivity contribution is -0.143. The fourth-order valence-electron chi connectivity index (χ4n) is 3.73. The number of fused-ring (bicyclic) bond motifs is 3. The number of allylic oxidation sites excluding steroid dienone is 1. The van der Waals surface area contributed by atoms with Gasteiger partial charge in [0.1, 0.15) is 12.7 Å². The van der Waals surface area contributed by atoms with E-state index >= 15 is 0 Å². The van der Waals surface area contributed by atoms with E-state index in [2.05, 4.69) is 6.58 Å². The Bertz CT molecular complexity index is 683. The van der Waals surface area contributed by atoms with Crippen molar-refractivity contribution in [2.24, 2.45) is 11.8 Å². The SMILES string of the molecule is C=C1C(=O)O[C@@H]2[C@H]3C(COC(C)=O)=CC(=O)C3=C(C)C[C@H](O)[C@@H]12. The number of esters is 2. The second kappa shape index (κ2) is 5.45. The Kier molecular flexibility index (Phi) is 3.72. The molecular formula is C17H18O6. The highest BCUT2D eigenvalue weighted by Crippen LogP contribution is 2.47. The number of ketones is 1. The summed E-state index contributed by atoms with van der Waals surface area (Å²) >= 11 is 0. The van der Waals surface area contributed by atoms with Crippen LogP contribution < -0.4 is 0 Å². The zero-order valence-corrected chi connectivity index (χ0v) is 13.0. The third kappa shape index (κ3) is 2.43. The highest BCUT2D eigenvalue weighted by atomic mass is 16.6. The average Bonchev–Trinajstić information content (AvgIpc) is 2.90. The first kappa shape index (κ1) is 15.7. The lowest BCUT2D eigenvalue weighted by Crippen LogP contribution is -2.34. The maximum atomic E-state index is 12.4. The number of carbonyl (C=O) groups is 3. The van der Waals surface area contributed by atoms with Gasteiger partial charge in [-0.25, -0.2) is 4.79 Å². The minimum atomic E-state index is -0.833. The van der Waals surface area contributed by atoms with Gasteiger partial charge in [-0.15, -0.1) is 0 Å². The second-order valence-corrected chi connectivity index (χ2v) is 6.23. The normalized spacial score (nSPS) is 33.0. The van der Waals surface area contributed by atoms with E-state index in [1.165, 1.54) is 13.0 Å². The van der Waals surface area contributed by atoms with Crippen LogP contribution in [0.15, 0.2) is 34.9 Å². The predicted octanol–water partition coefficient (Wildman–Crippen LogP) is 0.854. The maximum Gasteiger partial charge on any atom is 0.334 e. The van der Waals surface area contributed by atoms with Crippen molar-refractivity contribution < 1.29 is 29.0 Å². The van der Waals surface area contributed by atoms with Crippen LogP contribution in [0, 0.1) is 11.8 Å². The molecule has 0 aromatic heterocycles. The molecule has 6 nitrogen and oxygen atoms in total. The van der Waals surface area contributed by atoms with Crippen LogP contribution in [0.4, 0.5) is 0 Å². The quantitative estimate of drug-likeness (QED) is 0.600. The van der Waals surface area contributed by atoms with Gasteiger partial charge in [0, 0.05) is 18.1 Å². The van der Waals surface area contributed by atoms with Crippen molar-refractivity contribution in [1.29, 1.82) is 0 Å². The van der Waals surface area contributed by atoms with E-state index in [0.29, 0.717) is 11.1 Å². The van der Waals surface area contributed by atoms with E-state index in [1.54, 1.807) is 6.92 Å². The van der Waals surface area contributed by atoms with Gasteiger partial charge < -0.3 is 14.6 Å². The molecule has 1 aliphatic heterocycles.